The molecule has 0 spiro atoms. The summed E-state index contributed by atoms with van der Waals surface area (Å²) >= 11 is 21.0. The summed E-state index contributed by atoms with van der Waals surface area (Å²) in [6, 6.07) is 52.3. The topological polar surface area (TPSA) is 85.7 Å². The van der Waals surface area contributed by atoms with Crippen molar-refractivity contribution in [2.75, 3.05) is 26.2 Å². The Labute approximate surface area is 429 Å². The molecule has 0 radical (unpaired) electrons. The average molecular weight is 1050 g/mol. The maximum absolute atomic E-state index is 5.61. The van der Waals surface area contributed by atoms with Crippen LogP contribution in [0.5, 0.6) is 23.0 Å². The summed E-state index contributed by atoms with van der Waals surface area (Å²) in [4.78, 5) is 9.64. The molecule has 1 aliphatic rings. The normalized spacial score (nSPS) is 15.8. The Hall–Kier alpha value is -3.73. The van der Waals surface area contributed by atoms with E-state index in [0.29, 0.717) is 23.0 Å². The van der Waals surface area contributed by atoms with E-state index in [0.717, 1.165) is 61.3 Å². The summed E-state index contributed by atoms with van der Waals surface area (Å²) in [6.07, 6.45) is 1.85. The van der Waals surface area contributed by atoms with Crippen LogP contribution in [0.15, 0.2) is 168 Å². The molecule has 0 fully saturated rings. The zero-order chi connectivity index (χ0) is 47.4. The molecule has 2 atom stereocenters. The minimum absolute atomic E-state index is 0. The molecule has 0 saturated carbocycles. The molecular weight excluding hydrogens is 994 g/mol. The minimum atomic E-state index is -2.75. The summed E-state index contributed by atoms with van der Waals surface area (Å²) in [6.45, 7) is 15.7. The first-order valence-corrected chi connectivity index (χ1v) is 29.2. The van der Waals surface area contributed by atoms with Crippen molar-refractivity contribution in [3.8, 4) is 23.0 Å². The maximum atomic E-state index is 5.61. The first kappa shape index (κ1) is 55.9. The van der Waals surface area contributed by atoms with Crippen LogP contribution in [0, 0.1) is 27.7 Å². The van der Waals surface area contributed by atoms with Crippen LogP contribution in [-0.2, 0) is 64.6 Å². The van der Waals surface area contributed by atoms with Crippen molar-refractivity contribution in [3.63, 3.8) is 0 Å². The van der Waals surface area contributed by atoms with Crippen LogP contribution in [0.2, 0.25) is 0 Å². The third kappa shape index (κ3) is 21.6. The van der Waals surface area contributed by atoms with Gasteiger partial charge < -0.3 is 53.2 Å². The first-order chi connectivity index (χ1) is 31.6. The van der Waals surface area contributed by atoms with Crippen LogP contribution < -0.4 is 28.7 Å². The number of nitrogens with one attached hydrogen (secondary N) is 2. The Morgan fingerprint density at radius 3 is 0.940 bits per heavy atom. The SMILES string of the molecule is CC1=NCCN[C@@H](c2ccccc2)CC(C)=NCCN[C@H](c2ccccc2)C1.Cc1ccc(OP(=S)([S-])Oc2ccc(C)cc2)cc1.Cc1ccc(OP(=S)([S-])Oc2ccc(C)cc2)cc1.[Ni+2]. The van der Waals surface area contributed by atoms with E-state index in [1.165, 1.54) is 22.6 Å². The summed E-state index contributed by atoms with van der Waals surface area (Å²) in [5.74, 6) is 2.60. The van der Waals surface area contributed by atoms with Gasteiger partial charge in [-0.3, -0.25) is 9.98 Å². The molecule has 0 amide bonds. The largest absolute Gasteiger partial charge is 2.00 e. The van der Waals surface area contributed by atoms with Gasteiger partial charge in [0.2, 0.25) is 0 Å². The van der Waals surface area contributed by atoms with Gasteiger partial charge >= 0.3 is 16.5 Å². The monoisotopic (exact) mass is 1050 g/mol. The van der Waals surface area contributed by atoms with E-state index >= 15 is 0 Å². The molecule has 1 heterocycles. The van der Waals surface area contributed by atoms with Gasteiger partial charge in [0.25, 0.3) is 0 Å². The van der Waals surface area contributed by atoms with Gasteiger partial charge in [-0.25, -0.2) is 0 Å². The average Bonchev–Trinajstić information content (AvgIpc) is 3.29. The molecule has 67 heavy (non-hydrogen) atoms. The Balaban J connectivity index is 0.000000224. The Bertz CT molecular complexity index is 2260. The van der Waals surface area contributed by atoms with Gasteiger partial charge in [-0.1, -0.05) is 131 Å². The zero-order valence-electron chi connectivity index (χ0n) is 38.8. The molecule has 7 rings (SSSR count). The number of rotatable bonds is 10. The van der Waals surface area contributed by atoms with Crippen molar-refractivity contribution >= 4 is 70.9 Å². The standard InChI is InChI=1S/C24H32N4.2C14H15O2PS2.Ni/c1-19-17-23(21-9-5-3-6-10-21)27-16-14-26-20(2)18-24(28-15-13-25-19)22-11-7-4-8-12-22;2*1-11-3-7-13(8-4-11)15-17(18,19)16-14-9-5-12(2)6-10-14;/h3-12,23-24,27-28H,13-18H2,1-2H3;2*3-10H,1-2H3,(H,18,19);/q;;;+2/p-2/t23-,24+;;;. The second-order valence-electron chi connectivity index (χ2n) is 16.0. The molecule has 6 aromatic carbocycles. The molecule has 2 N–H and O–H groups in total. The van der Waals surface area contributed by atoms with Crippen molar-refractivity contribution in [3.05, 3.63) is 191 Å². The van der Waals surface area contributed by atoms with Gasteiger partial charge in [-0.15, -0.1) is 0 Å². The zero-order valence-corrected chi connectivity index (χ0v) is 44.8. The van der Waals surface area contributed by atoms with Crippen molar-refractivity contribution in [2.24, 2.45) is 9.98 Å². The quantitative estimate of drug-likeness (QED) is 0.0786. The van der Waals surface area contributed by atoms with Crippen LogP contribution in [0.25, 0.3) is 0 Å². The van der Waals surface area contributed by atoms with Gasteiger partial charge in [0, 0.05) is 49.4 Å². The molecule has 8 nitrogen and oxygen atoms in total. The number of aryl methyl sites for hydroxylation is 4. The molecule has 1 aliphatic heterocycles. The van der Waals surface area contributed by atoms with Gasteiger partial charge in [-0.2, -0.15) is 0 Å². The van der Waals surface area contributed by atoms with Crippen molar-refractivity contribution in [1.82, 2.24) is 10.6 Å². The van der Waals surface area contributed by atoms with Crippen molar-refractivity contribution < 1.29 is 34.6 Å². The van der Waals surface area contributed by atoms with Crippen molar-refractivity contribution in [1.29, 1.82) is 0 Å². The van der Waals surface area contributed by atoms with E-state index in [1.54, 1.807) is 0 Å². The Morgan fingerprint density at radius 1 is 0.433 bits per heavy atom. The summed E-state index contributed by atoms with van der Waals surface area (Å²) < 4.78 is 22.4. The maximum Gasteiger partial charge on any atom is 2.00 e. The summed E-state index contributed by atoms with van der Waals surface area (Å²) in [5.41, 5.74) is 4.13. The van der Waals surface area contributed by atoms with E-state index in [1.807, 2.05) is 125 Å². The molecule has 0 aliphatic carbocycles. The second kappa shape index (κ2) is 28.7. The number of nitrogens with zero attached hydrogens (tertiary/aromatic N) is 2. The van der Waals surface area contributed by atoms with E-state index in [9.17, 15) is 0 Å². The third-order valence-corrected chi connectivity index (χ3v) is 13.7. The first-order valence-electron chi connectivity index (χ1n) is 21.8. The van der Waals surface area contributed by atoms with Gasteiger partial charge in [0.1, 0.15) is 23.0 Å². The van der Waals surface area contributed by atoms with Crippen molar-refractivity contribution in [2.45, 2.75) is 66.5 Å². The van der Waals surface area contributed by atoms with Crippen LogP contribution in [0.3, 0.4) is 0 Å². The number of benzene rings is 6. The van der Waals surface area contributed by atoms with E-state index in [4.69, 9.17) is 76.2 Å². The molecule has 6 aromatic rings. The number of hydrogen-bond acceptors (Lipinski definition) is 12. The van der Waals surface area contributed by atoms with Gasteiger partial charge in [-0.05, 0) is 125 Å². The predicted molar refractivity (Wildman–Crippen MR) is 290 cm³/mol. The molecule has 0 unspecified atom stereocenters. The Morgan fingerprint density at radius 2 is 0.687 bits per heavy atom. The van der Waals surface area contributed by atoms with Crippen LogP contribution in [-0.4, -0.2) is 37.6 Å². The Kier molecular flexibility index (Phi) is 23.9. The molecule has 356 valence electrons. The molecule has 15 heteroatoms. The molecule has 0 aromatic heterocycles. The van der Waals surface area contributed by atoms with E-state index in [2.05, 4.69) is 85.1 Å². The summed E-state index contributed by atoms with van der Waals surface area (Å²) in [7, 11) is 0. The molecule has 0 bridgehead atoms. The van der Waals surface area contributed by atoms with E-state index in [-0.39, 0.29) is 28.6 Å². The molecular formula is C52H60N4NiO4P2S4. The molecule has 0 saturated heterocycles. The fourth-order valence-corrected chi connectivity index (χ4v) is 10.3. The minimum Gasteiger partial charge on any atom is -0.665 e. The van der Waals surface area contributed by atoms with Gasteiger partial charge in [0.05, 0.1) is 13.1 Å². The number of hydrogen-bond donors (Lipinski definition) is 2. The van der Waals surface area contributed by atoms with Crippen LogP contribution >= 0.6 is 11.4 Å². The second-order valence-corrected chi connectivity index (χ2v) is 25.7. The van der Waals surface area contributed by atoms with Crippen LogP contribution in [0.4, 0.5) is 0 Å². The number of aliphatic imine (C=N–C) groups is 2. The predicted octanol–water partition coefficient (Wildman–Crippen LogP) is 13.4. The van der Waals surface area contributed by atoms with Crippen LogP contribution in [0.1, 0.15) is 72.2 Å². The van der Waals surface area contributed by atoms with Gasteiger partial charge in [0.15, 0.2) is 11.4 Å². The summed E-state index contributed by atoms with van der Waals surface area (Å²) in [5, 5.41) is 7.36. The van der Waals surface area contributed by atoms with E-state index < -0.39 is 11.4 Å². The fourth-order valence-electron chi connectivity index (χ4n) is 6.63. The fraction of sp³-hybridized carbons (Fsp3) is 0.269. The smallest absolute Gasteiger partial charge is 0.665 e. The third-order valence-electron chi connectivity index (χ3n) is 10.1.